The maximum Gasteiger partial charge on any atom is 0.333 e. The molecule has 1 heterocycles. The highest BCUT2D eigenvalue weighted by Crippen LogP contribution is 2.42. The van der Waals surface area contributed by atoms with Gasteiger partial charge in [0.05, 0.1) is 12.7 Å². The molecule has 1 aliphatic heterocycles. The SMILES string of the molecule is CC(C)(C)[Si](C)(C)O[C@@H]1[C@H](N=[N+]=[N-])[C@@H](C(=O)O)O[C@H]1CO[Si](c1ccccc1)(c1ccccc1)C(C)(C)C. The van der Waals surface area contributed by atoms with Crippen LogP contribution in [0.15, 0.2) is 65.8 Å². The third kappa shape index (κ3) is 5.90. The van der Waals surface area contributed by atoms with Crippen LogP contribution in [0.5, 0.6) is 0 Å². The van der Waals surface area contributed by atoms with Crippen molar-refractivity contribution in [3.05, 3.63) is 71.1 Å². The Bertz CT molecular complexity index is 1100. The maximum absolute atomic E-state index is 12.2. The fourth-order valence-corrected chi connectivity index (χ4v) is 10.8. The summed E-state index contributed by atoms with van der Waals surface area (Å²) in [6, 6.07) is 19.5. The Hall–Kier alpha value is -2.47. The van der Waals surface area contributed by atoms with Gasteiger partial charge in [-0.25, -0.2) is 4.79 Å². The van der Waals surface area contributed by atoms with Crippen molar-refractivity contribution in [3.8, 4) is 0 Å². The fraction of sp³-hybridized carbons (Fsp3) is 0.536. The largest absolute Gasteiger partial charge is 0.479 e. The molecule has 0 amide bonds. The number of carbonyl (C=O) groups is 1. The van der Waals surface area contributed by atoms with Crippen molar-refractivity contribution >= 4 is 33.0 Å². The van der Waals surface area contributed by atoms with Crippen molar-refractivity contribution in [2.24, 2.45) is 5.11 Å². The molecule has 2 aromatic carbocycles. The molecule has 3 rings (SSSR count). The van der Waals surface area contributed by atoms with E-state index in [9.17, 15) is 15.4 Å². The molecule has 0 aromatic heterocycles. The number of aliphatic carboxylic acids is 1. The van der Waals surface area contributed by atoms with E-state index in [1.165, 1.54) is 0 Å². The molecule has 0 bridgehead atoms. The molecule has 206 valence electrons. The van der Waals surface area contributed by atoms with E-state index in [1.807, 2.05) is 36.4 Å². The van der Waals surface area contributed by atoms with Crippen LogP contribution >= 0.6 is 0 Å². The van der Waals surface area contributed by atoms with Crippen LogP contribution in [0.4, 0.5) is 0 Å². The number of ether oxygens (including phenoxy) is 1. The topological polar surface area (TPSA) is 114 Å². The molecule has 0 aliphatic carbocycles. The molecule has 1 fully saturated rings. The van der Waals surface area contributed by atoms with Gasteiger partial charge in [-0.1, -0.05) is 107 Å². The molecule has 38 heavy (non-hydrogen) atoms. The highest BCUT2D eigenvalue weighted by molar-refractivity contribution is 6.99. The van der Waals surface area contributed by atoms with E-state index in [-0.39, 0.29) is 16.7 Å². The first-order valence-electron chi connectivity index (χ1n) is 13.0. The van der Waals surface area contributed by atoms with Gasteiger partial charge < -0.3 is 18.7 Å². The highest BCUT2D eigenvalue weighted by Gasteiger charge is 2.55. The molecular formula is C28H41N3O5Si2. The standard InChI is InChI=1S/C28H41N3O5Si2/c1-27(2,3)37(7,8)36-24-22(35-25(26(32)33)23(24)30-31-29)19-34-38(28(4,5)6,20-15-11-9-12-16-20)21-17-13-10-14-18-21/h9-18,22-25H,19H2,1-8H3,(H,32,33)/t22-,23-,24-,25-/m0/s1. The summed E-state index contributed by atoms with van der Waals surface area (Å²) in [6.45, 7) is 17.2. The van der Waals surface area contributed by atoms with Crippen LogP contribution in [0, 0.1) is 0 Å². The van der Waals surface area contributed by atoms with E-state index in [4.69, 9.17) is 13.6 Å². The Balaban J connectivity index is 2.09. The second-order valence-electron chi connectivity index (χ2n) is 12.4. The quantitative estimate of drug-likeness (QED) is 0.190. The minimum absolute atomic E-state index is 0.105. The molecule has 0 unspecified atom stereocenters. The number of nitrogens with zero attached hydrogens (tertiary/aromatic N) is 3. The van der Waals surface area contributed by atoms with Gasteiger partial charge in [0.1, 0.15) is 12.1 Å². The van der Waals surface area contributed by atoms with Gasteiger partial charge in [-0.15, -0.1) is 0 Å². The van der Waals surface area contributed by atoms with Crippen LogP contribution in [-0.4, -0.2) is 58.7 Å². The summed E-state index contributed by atoms with van der Waals surface area (Å²) in [7, 11) is -5.29. The lowest BCUT2D eigenvalue weighted by Gasteiger charge is -2.44. The average Bonchev–Trinajstić information content (AvgIpc) is 3.16. The molecule has 8 nitrogen and oxygen atoms in total. The van der Waals surface area contributed by atoms with Gasteiger partial charge in [-0.3, -0.25) is 0 Å². The minimum atomic E-state index is -2.91. The van der Waals surface area contributed by atoms with Gasteiger partial charge in [-0.05, 0) is 39.1 Å². The zero-order valence-corrected chi connectivity index (χ0v) is 25.7. The van der Waals surface area contributed by atoms with Crippen LogP contribution in [0.3, 0.4) is 0 Å². The lowest BCUT2D eigenvalue weighted by atomic mass is 10.1. The molecule has 10 heteroatoms. The van der Waals surface area contributed by atoms with Gasteiger partial charge in [0.25, 0.3) is 8.32 Å². The molecule has 1 saturated heterocycles. The number of hydrogen-bond donors (Lipinski definition) is 1. The van der Waals surface area contributed by atoms with Crippen LogP contribution in [0.1, 0.15) is 41.5 Å². The Morgan fingerprint density at radius 1 is 0.974 bits per heavy atom. The molecule has 0 saturated carbocycles. The van der Waals surface area contributed by atoms with Crippen LogP contribution < -0.4 is 10.4 Å². The number of hydrogen-bond acceptors (Lipinski definition) is 5. The number of carboxylic acids is 1. The summed E-state index contributed by atoms with van der Waals surface area (Å²) >= 11 is 0. The number of benzene rings is 2. The smallest absolute Gasteiger partial charge is 0.333 e. The predicted octanol–water partition coefficient (Wildman–Crippen LogP) is 5.48. The van der Waals surface area contributed by atoms with Crippen molar-refractivity contribution in [2.45, 2.75) is 89.1 Å². The van der Waals surface area contributed by atoms with Crippen LogP contribution in [0.25, 0.3) is 10.4 Å². The number of rotatable bonds is 9. The Morgan fingerprint density at radius 3 is 1.87 bits per heavy atom. The zero-order chi connectivity index (χ0) is 28.4. The van der Waals surface area contributed by atoms with Gasteiger partial charge in [-0.2, -0.15) is 0 Å². The van der Waals surface area contributed by atoms with E-state index in [0.717, 1.165) is 10.4 Å². The first-order chi connectivity index (χ1) is 17.7. The third-order valence-electron chi connectivity index (χ3n) is 7.88. The predicted molar refractivity (Wildman–Crippen MR) is 155 cm³/mol. The molecule has 1 aliphatic rings. The van der Waals surface area contributed by atoms with Crippen LogP contribution in [0.2, 0.25) is 23.2 Å². The molecule has 4 atom stereocenters. The van der Waals surface area contributed by atoms with Crippen molar-refractivity contribution in [2.75, 3.05) is 6.61 Å². The molecule has 0 radical (unpaired) electrons. The second kappa shape index (κ2) is 11.3. The average molecular weight is 556 g/mol. The van der Waals surface area contributed by atoms with E-state index >= 15 is 0 Å². The van der Waals surface area contributed by atoms with E-state index in [1.54, 1.807) is 0 Å². The van der Waals surface area contributed by atoms with E-state index in [2.05, 4.69) is 88.9 Å². The summed E-state index contributed by atoms with van der Waals surface area (Å²) in [5.41, 5.74) is 9.29. The Kier molecular flexibility index (Phi) is 8.97. The van der Waals surface area contributed by atoms with E-state index < -0.39 is 47.0 Å². The molecule has 0 spiro atoms. The lowest BCUT2D eigenvalue weighted by Crippen LogP contribution is -2.67. The van der Waals surface area contributed by atoms with Gasteiger partial charge >= 0.3 is 5.97 Å². The van der Waals surface area contributed by atoms with Crippen molar-refractivity contribution in [3.63, 3.8) is 0 Å². The summed E-state index contributed by atoms with van der Waals surface area (Å²) in [4.78, 5) is 15.1. The summed E-state index contributed by atoms with van der Waals surface area (Å²) in [5, 5.41) is 15.6. The Morgan fingerprint density at radius 2 is 1.47 bits per heavy atom. The molecular weight excluding hydrogens is 514 g/mol. The second-order valence-corrected chi connectivity index (χ2v) is 21.5. The zero-order valence-electron chi connectivity index (χ0n) is 23.7. The first kappa shape index (κ1) is 30.1. The van der Waals surface area contributed by atoms with Gasteiger partial charge in [0, 0.05) is 4.91 Å². The van der Waals surface area contributed by atoms with Crippen molar-refractivity contribution < 1.29 is 23.5 Å². The van der Waals surface area contributed by atoms with Gasteiger partial charge in [0.15, 0.2) is 14.4 Å². The summed E-state index contributed by atoms with van der Waals surface area (Å²) < 4.78 is 19.8. The van der Waals surface area contributed by atoms with E-state index in [0.29, 0.717) is 0 Å². The normalized spacial score (nSPS) is 22.6. The van der Waals surface area contributed by atoms with Crippen LogP contribution in [-0.2, 0) is 18.4 Å². The fourth-order valence-electron chi connectivity index (χ4n) is 4.89. The monoisotopic (exact) mass is 555 g/mol. The number of azide groups is 1. The minimum Gasteiger partial charge on any atom is -0.479 e. The van der Waals surface area contributed by atoms with Gasteiger partial charge in [0.2, 0.25) is 0 Å². The highest BCUT2D eigenvalue weighted by atomic mass is 28.4. The number of carboxylic acid groups (broad SMARTS) is 1. The molecule has 1 N–H and O–H groups in total. The summed E-state index contributed by atoms with van der Waals surface area (Å²) in [6.07, 6.45) is -2.78. The third-order valence-corrected chi connectivity index (χ3v) is 17.4. The summed E-state index contributed by atoms with van der Waals surface area (Å²) in [5.74, 6) is -1.18. The first-order valence-corrected chi connectivity index (χ1v) is 17.8. The Labute approximate surface area is 228 Å². The lowest BCUT2D eigenvalue weighted by molar-refractivity contribution is -0.150. The van der Waals surface area contributed by atoms with Crippen molar-refractivity contribution in [1.29, 1.82) is 0 Å². The van der Waals surface area contributed by atoms with Crippen molar-refractivity contribution in [1.82, 2.24) is 0 Å². The maximum atomic E-state index is 12.2. The molecule has 2 aromatic rings.